The Kier molecular flexibility index (Phi) is 3.53. The summed E-state index contributed by atoms with van der Waals surface area (Å²) in [7, 11) is 0. The fraction of sp³-hybridized carbons (Fsp3) is 0.600. The third-order valence-corrected chi connectivity index (χ3v) is 1.96. The van der Waals surface area contributed by atoms with E-state index in [-0.39, 0.29) is 11.5 Å². The van der Waals surface area contributed by atoms with Gasteiger partial charge in [0.05, 0.1) is 0 Å². The summed E-state index contributed by atoms with van der Waals surface area (Å²) in [6.07, 6.45) is 4.16. The molecule has 0 rings (SSSR count). The van der Waals surface area contributed by atoms with Crippen LogP contribution < -0.4 is 5.73 Å². The molecule has 0 amide bonds. The summed E-state index contributed by atoms with van der Waals surface area (Å²) in [5, 5.41) is 0. The van der Waals surface area contributed by atoms with E-state index in [0.717, 1.165) is 5.57 Å². The highest BCUT2D eigenvalue weighted by Crippen LogP contribution is 2.27. The first-order valence-corrected chi connectivity index (χ1v) is 4.00. The van der Waals surface area contributed by atoms with Crippen LogP contribution in [0.3, 0.4) is 0 Å². The lowest BCUT2D eigenvalue weighted by Gasteiger charge is -2.26. The molecular weight excluding hydrogens is 134 g/mol. The Bertz CT molecular complexity index is 164. The molecule has 0 fully saturated rings. The van der Waals surface area contributed by atoms with E-state index in [9.17, 15) is 0 Å². The van der Waals surface area contributed by atoms with Gasteiger partial charge in [0.2, 0.25) is 0 Å². The molecule has 2 N–H and O–H groups in total. The smallest absolute Gasteiger partial charge is 0.0230 e. The summed E-state index contributed by atoms with van der Waals surface area (Å²) in [6.45, 7) is 12.2. The molecule has 0 radical (unpaired) electrons. The van der Waals surface area contributed by atoms with Crippen molar-refractivity contribution in [3.8, 4) is 0 Å². The molecule has 0 aromatic carbocycles. The molecule has 0 saturated carbocycles. The van der Waals surface area contributed by atoms with Gasteiger partial charge in [-0.1, -0.05) is 38.2 Å². The monoisotopic (exact) mass is 153 g/mol. The molecule has 1 heteroatoms. The molecule has 0 heterocycles. The Morgan fingerprint density at radius 1 is 1.55 bits per heavy atom. The molecule has 1 atom stereocenters. The zero-order valence-corrected chi connectivity index (χ0v) is 8.02. The van der Waals surface area contributed by atoms with Gasteiger partial charge < -0.3 is 5.73 Å². The Morgan fingerprint density at radius 3 is 2.27 bits per heavy atom. The van der Waals surface area contributed by atoms with Crippen LogP contribution in [0.1, 0.15) is 27.7 Å². The third-order valence-electron chi connectivity index (χ3n) is 1.96. The Hall–Kier alpha value is -0.560. The molecule has 0 spiro atoms. The van der Waals surface area contributed by atoms with Crippen molar-refractivity contribution in [1.29, 1.82) is 0 Å². The number of hydrogen-bond acceptors (Lipinski definition) is 1. The second-order valence-electron chi connectivity index (χ2n) is 3.54. The van der Waals surface area contributed by atoms with E-state index in [1.54, 1.807) is 0 Å². The fourth-order valence-electron chi connectivity index (χ4n) is 1.11. The second-order valence-corrected chi connectivity index (χ2v) is 3.54. The summed E-state index contributed by atoms with van der Waals surface area (Å²) < 4.78 is 0. The Balaban J connectivity index is 4.42. The van der Waals surface area contributed by atoms with Gasteiger partial charge in [0.25, 0.3) is 0 Å². The van der Waals surface area contributed by atoms with Crippen LogP contribution in [-0.2, 0) is 0 Å². The first-order valence-electron chi connectivity index (χ1n) is 4.00. The van der Waals surface area contributed by atoms with E-state index < -0.39 is 0 Å². The van der Waals surface area contributed by atoms with Crippen LogP contribution in [0.15, 0.2) is 24.3 Å². The molecule has 64 valence electrons. The molecule has 0 bridgehead atoms. The van der Waals surface area contributed by atoms with Crippen molar-refractivity contribution >= 4 is 0 Å². The highest BCUT2D eigenvalue weighted by Gasteiger charge is 2.19. The van der Waals surface area contributed by atoms with Crippen LogP contribution in [0.25, 0.3) is 0 Å². The van der Waals surface area contributed by atoms with Gasteiger partial charge >= 0.3 is 0 Å². The van der Waals surface area contributed by atoms with Gasteiger partial charge in [-0.2, -0.15) is 0 Å². The van der Waals surface area contributed by atoms with Gasteiger partial charge in [0, 0.05) is 11.5 Å². The average Bonchev–Trinajstić information content (AvgIpc) is 1.86. The maximum absolute atomic E-state index is 5.72. The maximum atomic E-state index is 5.72. The Labute approximate surface area is 70.0 Å². The van der Waals surface area contributed by atoms with Gasteiger partial charge in [-0.25, -0.2) is 0 Å². The Morgan fingerprint density at radius 2 is 2.00 bits per heavy atom. The van der Waals surface area contributed by atoms with Gasteiger partial charge in [-0.05, 0) is 13.8 Å². The molecule has 1 unspecified atom stereocenters. The standard InChI is InChI=1S/C10H19N/c1-6-7-10(4,5)8(2)9(3)11/h6-7,9H,2,11H2,1,3-5H3. The minimum atomic E-state index is 0.0307. The number of allylic oxidation sites excluding steroid dienone is 2. The molecule has 0 aromatic heterocycles. The van der Waals surface area contributed by atoms with Crippen molar-refractivity contribution in [2.45, 2.75) is 33.7 Å². The molecular formula is C10H19N. The predicted octanol–water partition coefficient (Wildman–Crippen LogP) is 2.49. The normalized spacial score (nSPS) is 15.4. The number of rotatable bonds is 3. The van der Waals surface area contributed by atoms with Gasteiger partial charge in [-0.15, -0.1) is 0 Å². The van der Waals surface area contributed by atoms with Crippen LogP contribution in [0, 0.1) is 5.41 Å². The fourth-order valence-corrected chi connectivity index (χ4v) is 1.11. The average molecular weight is 153 g/mol. The largest absolute Gasteiger partial charge is 0.324 e. The van der Waals surface area contributed by atoms with Crippen LogP contribution in [0.4, 0.5) is 0 Å². The van der Waals surface area contributed by atoms with Crippen LogP contribution >= 0.6 is 0 Å². The molecule has 11 heavy (non-hydrogen) atoms. The lowest BCUT2D eigenvalue weighted by molar-refractivity contribution is 0.535. The van der Waals surface area contributed by atoms with Crippen molar-refractivity contribution in [3.05, 3.63) is 24.3 Å². The predicted molar refractivity (Wildman–Crippen MR) is 51.4 cm³/mol. The zero-order valence-electron chi connectivity index (χ0n) is 8.02. The molecule has 0 aliphatic heterocycles. The minimum absolute atomic E-state index is 0.0307. The SMILES string of the molecule is C=C(C(C)N)C(C)(C)C=CC. The van der Waals surface area contributed by atoms with Crippen molar-refractivity contribution < 1.29 is 0 Å². The molecule has 1 nitrogen and oxygen atoms in total. The number of nitrogens with two attached hydrogens (primary N) is 1. The van der Waals surface area contributed by atoms with Crippen molar-refractivity contribution in [3.63, 3.8) is 0 Å². The first kappa shape index (κ1) is 10.4. The summed E-state index contributed by atoms with van der Waals surface area (Å²) in [5.74, 6) is 0. The van der Waals surface area contributed by atoms with E-state index in [4.69, 9.17) is 5.73 Å². The van der Waals surface area contributed by atoms with E-state index in [0.29, 0.717) is 0 Å². The molecule has 0 aliphatic rings. The topological polar surface area (TPSA) is 26.0 Å². The summed E-state index contributed by atoms with van der Waals surface area (Å²) >= 11 is 0. The lowest BCUT2D eigenvalue weighted by atomic mass is 9.81. The summed E-state index contributed by atoms with van der Waals surface area (Å²) in [4.78, 5) is 0. The van der Waals surface area contributed by atoms with Crippen LogP contribution in [0.2, 0.25) is 0 Å². The van der Waals surface area contributed by atoms with Crippen LogP contribution in [-0.4, -0.2) is 6.04 Å². The quantitative estimate of drug-likeness (QED) is 0.619. The first-order chi connectivity index (χ1) is 4.91. The zero-order chi connectivity index (χ0) is 9.07. The van der Waals surface area contributed by atoms with Crippen molar-refractivity contribution in [2.24, 2.45) is 11.1 Å². The lowest BCUT2D eigenvalue weighted by Crippen LogP contribution is -2.26. The maximum Gasteiger partial charge on any atom is 0.0230 e. The second kappa shape index (κ2) is 3.72. The number of hydrogen-bond donors (Lipinski definition) is 1. The van der Waals surface area contributed by atoms with E-state index in [1.807, 2.05) is 19.9 Å². The van der Waals surface area contributed by atoms with Crippen molar-refractivity contribution in [2.75, 3.05) is 0 Å². The van der Waals surface area contributed by atoms with Crippen LogP contribution in [0.5, 0.6) is 0 Å². The molecule has 0 aromatic rings. The third kappa shape index (κ3) is 2.89. The van der Waals surface area contributed by atoms with E-state index in [1.165, 1.54) is 0 Å². The van der Waals surface area contributed by atoms with E-state index >= 15 is 0 Å². The van der Waals surface area contributed by atoms with Gasteiger partial charge in [-0.3, -0.25) is 0 Å². The highest BCUT2D eigenvalue weighted by molar-refractivity contribution is 5.20. The van der Waals surface area contributed by atoms with Crippen molar-refractivity contribution in [1.82, 2.24) is 0 Å². The molecule has 0 aliphatic carbocycles. The van der Waals surface area contributed by atoms with Gasteiger partial charge in [0.15, 0.2) is 0 Å². The van der Waals surface area contributed by atoms with Gasteiger partial charge in [0.1, 0.15) is 0 Å². The van der Waals surface area contributed by atoms with E-state index in [2.05, 4.69) is 26.5 Å². The minimum Gasteiger partial charge on any atom is -0.324 e. The summed E-state index contributed by atoms with van der Waals surface area (Å²) in [5.41, 5.74) is 6.83. The highest BCUT2D eigenvalue weighted by atomic mass is 14.6. The molecule has 0 saturated heterocycles. The summed E-state index contributed by atoms with van der Waals surface area (Å²) in [6, 6.07) is 0.0706.